The molecule has 2 unspecified atom stereocenters. The van der Waals surface area contributed by atoms with E-state index in [4.69, 9.17) is 44.3 Å². The molecule has 2 rings (SSSR count). The van der Waals surface area contributed by atoms with E-state index in [-0.39, 0.29) is 23.4 Å². The monoisotopic (exact) mass is 506 g/mol. The van der Waals surface area contributed by atoms with Crippen molar-refractivity contribution >= 4 is 51.5 Å². The highest BCUT2D eigenvalue weighted by molar-refractivity contribution is 7.83. The molecular formula is C20H25Cl3N4O3S. The number of nitrogens with one attached hydrogen (secondary N) is 2. The first kappa shape index (κ1) is 25.9. The number of likely N-dealkylation sites (N-methyl/N-ethyl adjacent to an activating group) is 1. The van der Waals surface area contributed by atoms with Gasteiger partial charge in [-0.25, -0.2) is 13.9 Å². The molecule has 0 saturated carbocycles. The maximum Gasteiger partial charge on any atom is 0.144 e. The van der Waals surface area contributed by atoms with Crippen LogP contribution in [0.25, 0.3) is 0 Å². The van der Waals surface area contributed by atoms with E-state index in [0.717, 1.165) is 0 Å². The van der Waals surface area contributed by atoms with Crippen molar-refractivity contribution in [3.63, 3.8) is 0 Å². The normalized spacial score (nSPS) is 17.6. The molecule has 1 aliphatic rings. The highest BCUT2D eigenvalue weighted by Gasteiger charge is 2.23. The van der Waals surface area contributed by atoms with Gasteiger partial charge in [-0.3, -0.25) is 0 Å². The second-order valence-corrected chi connectivity index (χ2v) is 9.12. The lowest BCUT2D eigenvalue weighted by molar-refractivity contribution is 0.138. The number of benzene rings is 1. The Morgan fingerprint density at radius 1 is 1.39 bits per heavy atom. The van der Waals surface area contributed by atoms with E-state index < -0.39 is 17.2 Å². The highest BCUT2D eigenvalue weighted by Crippen LogP contribution is 2.27. The van der Waals surface area contributed by atoms with Crippen molar-refractivity contribution < 1.29 is 13.7 Å². The van der Waals surface area contributed by atoms with Crippen LogP contribution >= 0.6 is 34.8 Å². The SMILES string of the molecule is C=C(CN(C)C)O/C(=C\C)COCC1=NC(Cl)=CNC1NS(=O)c1cccc(Cl)c1Cl. The average Bonchev–Trinajstić information content (AvgIpc) is 2.70. The van der Waals surface area contributed by atoms with Crippen molar-refractivity contribution in [2.45, 2.75) is 18.0 Å². The smallest absolute Gasteiger partial charge is 0.144 e. The first-order chi connectivity index (χ1) is 14.7. The number of hydrogen-bond acceptors (Lipinski definition) is 6. The number of aliphatic imine (C=N–C) groups is 1. The minimum absolute atomic E-state index is 0.121. The molecule has 7 nitrogen and oxygen atoms in total. The van der Waals surface area contributed by atoms with Gasteiger partial charge in [0.05, 0.1) is 33.8 Å². The maximum atomic E-state index is 12.8. The molecule has 0 bridgehead atoms. The summed E-state index contributed by atoms with van der Waals surface area (Å²) in [5, 5.41) is 3.81. The van der Waals surface area contributed by atoms with E-state index >= 15 is 0 Å². The van der Waals surface area contributed by atoms with Crippen LogP contribution in [0.15, 0.2) is 63.6 Å². The molecule has 0 aromatic heterocycles. The van der Waals surface area contributed by atoms with Crippen LogP contribution in [0.5, 0.6) is 0 Å². The fourth-order valence-corrected chi connectivity index (χ4v) is 4.25. The Morgan fingerprint density at radius 2 is 2.13 bits per heavy atom. The standard InChI is InChI=1S/C20H25Cl3N4O3S/c1-5-14(30-13(2)10-27(3)4)11-29-12-16-20(24-9-18(22)25-16)26-31(28)17-8-6-7-15(21)19(17)23/h5-9,20,24,26H,2,10-12H2,1,3-4H3/b14-5-. The van der Waals surface area contributed by atoms with Crippen molar-refractivity contribution in [2.24, 2.45) is 4.99 Å². The summed E-state index contributed by atoms with van der Waals surface area (Å²) in [4.78, 5) is 6.60. The molecule has 11 heteroatoms. The summed E-state index contributed by atoms with van der Waals surface area (Å²) in [5.74, 6) is 1.23. The summed E-state index contributed by atoms with van der Waals surface area (Å²) in [7, 11) is 2.21. The maximum absolute atomic E-state index is 12.8. The Balaban J connectivity index is 1.98. The molecule has 0 fully saturated rings. The number of hydrogen-bond donors (Lipinski definition) is 2. The van der Waals surface area contributed by atoms with Gasteiger partial charge in [-0.15, -0.1) is 0 Å². The largest absolute Gasteiger partial charge is 0.463 e. The molecule has 2 N–H and O–H groups in total. The summed E-state index contributed by atoms with van der Waals surface area (Å²) >= 11 is 18.2. The van der Waals surface area contributed by atoms with Crippen molar-refractivity contribution in [1.82, 2.24) is 14.9 Å². The van der Waals surface area contributed by atoms with E-state index in [0.29, 0.717) is 33.7 Å². The molecule has 1 aliphatic heterocycles. The van der Waals surface area contributed by atoms with Gasteiger partial charge in [0.1, 0.15) is 40.4 Å². The van der Waals surface area contributed by atoms with Crippen LogP contribution in [0.3, 0.4) is 0 Å². The molecule has 1 aromatic carbocycles. The Hall–Kier alpha value is -1.39. The predicted molar refractivity (Wildman–Crippen MR) is 128 cm³/mol. The van der Waals surface area contributed by atoms with Crippen LogP contribution in [0.1, 0.15) is 6.92 Å². The zero-order chi connectivity index (χ0) is 23.0. The van der Waals surface area contributed by atoms with Crippen LogP contribution in [0.4, 0.5) is 0 Å². The van der Waals surface area contributed by atoms with Gasteiger partial charge in [-0.1, -0.05) is 47.4 Å². The fourth-order valence-electron chi connectivity index (χ4n) is 2.50. The van der Waals surface area contributed by atoms with Gasteiger partial charge in [0.25, 0.3) is 0 Å². The Morgan fingerprint density at radius 3 is 2.81 bits per heavy atom. The second-order valence-electron chi connectivity index (χ2n) is 6.73. The molecule has 0 saturated heterocycles. The van der Waals surface area contributed by atoms with Crippen molar-refractivity contribution in [2.75, 3.05) is 33.9 Å². The van der Waals surface area contributed by atoms with Crippen LogP contribution in [0, 0.1) is 0 Å². The molecule has 1 heterocycles. The van der Waals surface area contributed by atoms with Crippen molar-refractivity contribution in [3.8, 4) is 0 Å². The van der Waals surface area contributed by atoms with Crippen LogP contribution in [-0.4, -0.2) is 54.8 Å². The molecule has 1 aromatic rings. The topological polar surface area (TPSA) is 75.2 Å². The van der Waals surface area contributed by atoms with Gasteiger partial charge in [-0.2, -0.15) is 0 Å². The average molecular weight is 508 g/mol. The summed E-state index contributed by atoms with van der Waals surface area (Å²) in [5.41, 5.74) is 0.515. The van der Waals surface area contributed by atoms with Gasteiger partial charge in [-0.05, 0) is 39.2 Å². The van der Waals surface area contributed by atoms with Crippen LogP contribution in [0.2, 0.25) is 10.0 Å². The van der Waals surface area contributed by atoms with E-state index in [2.05, 4.69) is 21.6 Å². The Kier molecular flexibility index (Phi) is 10.5. The first-order valence-corrected chi connectivity index (χ1v) is 11.5. The highest BCUT2D eigenvalue weighted by atomic mass is 35.5. The summed E-state index contributed by atoms with van der Waals surface area (Å²) in [6.07, 6.45) is 2.73. The van der Waals surface area contributed by atoms with E-state index in [9.17, 15) is 4.21 Å². The number of ether oxygens (including phenoxy) is 2. The minimum Gasteiger partial charge on any atom is -0.463 e. The molecule has 0 radical (unpaired) electrons. The lowest BCUT2D eigenvalue weighted by atomic mass is 10.3. The summed E-state index contributed by atoms with van der Waals surface area (Å²) < 4.78 is 27.2. The van der Waals surface area contributed by atoms with Gasteiger partial charge >= 0.3 is 0 Å². The van der Waals surface area contributed by atoms with Crippen molar-refractivity contribution in [3.05, 3.63) is 63.8 Å². The third-order valence-electron chi connectivity index (χ3n) is 3.88. The second kappa shape index (κ2) is 12.6. The fraction of sp³-hybridized carbons (Fsp3) is 0.350. The van der Waals surface area contributed by atoms with E-state index in [1.807, 2.05) is 25.9 Å². The summed E-state index contributed by atoms with van der Waals surface area (Å²) in [6.45, 7) is 6.67. The van der Waals surface area contributed by atoms with Crippen molar-refractivity contribution in [1.29, 1.82) is 0 Å². The minimum atomic E-state index is -1.65. The van der Waals surface area contributed by atoms with Gasteiger partial charge < -0.3 is 19.7 Å². The molecule has 31 heavy (non-hydrogen) atoms. The van der Waals surface area contributed by atoms with Gasteiger partial charge in [0, 0.05) is 6.20 Å². The first-order valence-electron chi connectivity index (χ1n) is 9.25. The van der Waals surface area contributed by atoms with Crippen LogP contribution in [-0.2, 0) is 20.5 Å². The Labute approximate surface area is 200 Å². The molecule has 0 amide bonds. The molecule has 0 spiro atoms. The lowest BCUT2D eigenvalue weighted by Crippen LogP contribution is -2.49. The molecule has 2 atom stereocenters. The predicted octanol–water partition coefficient (Wildman–Crippen LogP) is 4.03. The quantitative estimate of drug-likeness (QED) is 0.349. The third kappa shape index (κ3) is 8.23. The number of halogens is 3. The third-order valence-corrected chi connectivity index (χ3v) is 6.19. The molecule has 170 valence electrons. The van der Waals surface area contributed by atoms with Gasteiger partial charge in [0.2, 0.25) is 0 Å². The zero-order valence-electron chi connectivity index (χ0n) is 17.5. The van der Waals surface area contributed by atoms with E-state index in [1.165, 1.54) is 6.20 Å². The summed E-state index contributed by atoms with van der Waals surface area (Å²) in [6, 6.07) is 4.93. The molecular weight excluding hydrogens is 483 g/mol. The lowest BCUT2D eigenvalue weighted by Gasteiger charge is -2.24. The molecule has 0 aliphatic carbocycles. The number of allylic oxidation sites excluding steroid dienone is 1. The number of nitrogens with zero attached hydrogens (tertiary/aromatic N) is 2. The Bertz CT molecular complexity index is 919. The van der Waals surface area contributed by atoms with Crippen LogP contribution < -0.4 is 10.0 Å². The van der Waals surface area contributed by atoms with E-state index in [1.54, 1.807) is 24.3 Å². The van der Waals surface area contributed by atoms with Gasteiger partial charge in [0.15, 0.2) is 0 Å². The number of rotatable bonds is 11. The zero-order valence-corrected chi connectivity index (χ0v) is 20.5.